The van der Waals surface area contributed by atoms with Gasteiger partial charge in [-0.15, -0.1) is 0 Å². The van der Waals surface area contributed by atoms with Crippen molar-refractivity contribution in [3.05, 3.63) is 33.9 Å². The number of aryl methyl sites for hydroxylation is 2. The maximum absolute atomic E-state index is 13.3. The number of nitrogens with zero attached hydrogens (tertiary/aromatic N) is 4. The van der Waals surface area contributed by atoms with Crippen LogP contribution < -0.4 is 5.69 Å². The van der Waals surface area contributed by atoms with Crippen LogP contribution >= 0.6 is 11.8 Å². The summed E-state index contributed by atoms with van der Waals surface area (Å²) >= 11 is 1.17. The van der Waals surface area contributed by atoms with Crippen molar-refractivity contribution in [2.45, 2.75) is 31.2 Å². The Morgan fingerprint density at radius 2 is 2.28 bits per heavy atom. The fourth-order valence-corrected chi connectivity index (χ4v) is 2.25. The highest BCUT2D eigenvalue weighted by atomic mass is 32.2. The van der Waals surface area contributed by atoms with Crippen LogP contribution in [0.5, 0.6) is 0 Å². The molecule has 1 N–H and O–H groups in total. The highest BCUT2D eigenvalue weighted by molar-refractivity contribution is 7.98. The second-order valence-corrected chi connectivity index (χ2v) is 4.56. The second kappa shape index (κ2) is 5.30. The van der Waals surface area contributed by atoms with Crippen molar-refractivity contribution < 1.29 is 4.39 Å². The first-order valence-corrected chi connectivity index (χ1v) is 6.37. The Morgan fingerprint density at radius 3 is 2.94 bits per heavy atom. The van der Waals surface area contributed by atoms with Gasteiger partial charge in [0, 0.05) is 5.75 Å². The van der Waals surface area contributed by atoms with Gasteiger partial charge in [0.15, 0.2) is 5.82 Å². The van der Waals surface area contributed by atoms with Gasteiger partial charge in [-0.2, -0.15) is 20.0 Å². The van der Waals surface area contributed by atoms with E-state index in [4.69, 9.17) is 0 Å². The summed E-state index contributed by atoms with van der Waals surface area (Å²) in [6.45, 7) is 4.48. The summed E-state index contributed by atoms with van der Waals surface area (Å²) in [4.78, 5) is 18.2. The molecule has 0 bridgehead atoms. The minimum absolute atomic E-state index is 0.167. The Morgan fingerprint density at radius 1 is 1.50 bits per heavy atom. The topological polar surface area (TPSA) is 76.5 Å². The lowest BCUT2D eigenvalue weighted by atomic mass is 10.4. The number of rotatable bonds is 4. The lowest BCUT2D eigenvalue weighted by Crippen LogP contribution is -2.11. The van der Waals surface area contributed by atoms with Crippen LogP contribution in [0.25, 0.3) is 0 Å². The quantitative estimate of drug-likeness (QED) is 0.665. The Balaban J connectivity index is 2.13. The van der Waals surface area contributed by atoms with Crippen LogP contribution in [0.15, 0.2) is 16.0 Å². The van der Waals surface area contributed by atoms with Gasteiger partial charge in [0.1, 0.15) is 5.03 Å². The molecule has 0 aliphatic rings. The molecule has 2 rings (SSSR count). The number of hydrogen-bond acceptors (Lipinski definition) is 5. The third-order valence-corrected chi connectivity index (χ3v) is 3.29. The van der Waals surface area contributed by atoms with Gasteiger partial charge in [-0.05, 0) is 13.8 Å². The molecule has 96 valence electrons. The van der Waals surface area contributed by atoms with Crippen molar-refractivity contribution in [1.29, 1.82) is 0 Å². The van der Waals surface area contributed by atoms with Crippen molar-refractivity contribution in [2.75, 3.05) is 0 Å². The zero-order valence-electron chi connectivity index (χ0n) is 9.97. The second-order valence-electron chi connectivity index (χ2n) is 3.57. The van der Waals surface area contributed by atoms with Gasteiger partial charge in [-0.3, -0.25) is 4.98 Å². The summed E-state index contributed by atoms with van der Waals surface area (Å²) in [6.07, 6.45) is 0.914. The smallest absolute Gasteiger partial charge is 0.298 e. The summed E-state index contributed by atoms with van der Waals surface area (Å²) in [7, 11) is 0. The Hall–Kier alpha value is -1.70. The van der Waals surface area contributed by atoms with Crippen LogP contribution in [-0.2, 0) is 12.3 Å². The van der Waals surface area contributed by atoms with Crippen LogP contribution in [0.1, 0.15) is 18.3 Å². The van der Waals surface area contributed by atoms with Gasteiger partial charge in [-0.25, -0.2) is 9.18 Å². The fourth-order valence-electron chi connectivity index (χ4n) is 1.35. The molecule has 0 atom stereocenters. The third kappa shape index (κ3) is 2.76. The number of hydrogen-bond donors (Lipinski definition) is 1. The van der Waals surface area contributed by atoms with E-state index in [1.807, 2.05) is 13.8 Å². The summed E-state index contributed by atoms with van der Waals surface area (Å²) in [5.74, 6) is -0.0944. The van der Waals surface area contributed by atoms with Crippen molar-refractivity contribution in [3.63, 3.8) is 0 Å². The molecule has 2 aromatic rings. The summed E-state index contributed by atoms with van der Waals surface area (Å²) < 4.78 is 13.3. The first-order valence-electron chi connectivity index (χ1n) is 5.38. The van der Waals surface area contributed by atoms with Crippen LogP contribution in [0.4, 0.5) is 4.39 Å². The molecular formula is C10H12FN5OS. The first-order chi connectivity index (χ1) is 8.60. The van der Waals surface area contributed by atoms with E-state index in [-0.39, 0.29) is 5.03 Å². The van der Waals surface area contributed by atoms with E-state index in [2.05, 4.69) is 20.2 Å². The molecular weight excluding hydrogens is 257 g/mol. The molecule has 6 nitrogen and oxygen atoms in total. The monoisotopic (exact) mass is 269 g/mol. The molecule has 18 heavy (non-hydrogen) atoms. The number of H-pyrrole nitrogens is 1. The third-order valence-electron chi connectivity index (χ3n) is 2.29. The van der Waals surface area contributed by atoms with Crippen molar-refractivity contribution in [3.8, 4) is 0 Å². The van der Waals surface area contributed by atoms with Gasteiger partial charge in [0.2, 0.25) is 0 Å². The van der Waals surface area contributed by atoms with Gasteiger partial charge in [0.25, 0.3) is 0 Å². The number of nitrogens with one attached hydrogen (secondary N) is 1. The SMILES string of the molecule is CCn1nc(C)c(CSc2[nH]c(=O)ncc2F)n1. The van der Waals surface area contributed by atoms with E-state index < -0.39 is 11.5 Å². The number of aromatic nitrogens is 5. The van der Waals surface area contributed by atoms with Crippen LogP contribution in [-0.4, -0.2) is 25.0 Å². The highest BCUT2D eigenvalue weighted by Crippen LogP contribution is 2.21. The Kier molecular flexibility index (Phi) is 3.75. The minimum Gasteiger partial charge on any atom is -0.298 e. The predicted molar refractivity (Wildman–Crippen MR) is 64.8 cm³/mol. The molecule has 0 aromatic carbocycles. The van der Waals surface area contributed by atoms with Crippen LogP contribution in [0.3, 0.4) is 0 Å². The highest BCUT2D eigenvalue weighted by Gasteiger charge is 2.10. The molecule has 0 amide bonds. The van der Waals surface area contributed by atoms with E-state index in [0.29, 0.717) is 12.3 Å². The number of thioether (sulfide) groups is 1. The largest absolute Gasteiger partial charge is 0.345 e. The number of aromatic amines is 1. The predicted octanol–water partition coefficient (Wildman–Crippen LogP) is 1.12. The maximum atomic E-state index is 13.3. The fraction of sp³-hybridized carbons (Fsp3) is 0.400. The Labute approximate surface area is 107 Å². The molecule has 0 spiro atoms. The van der Waals surface area contributed by atoms with Gasteiger partial charge < -0.3 is 0 Å². The normalized spacial score (nSPS) is 10.8. The first kappa shape index (κ1) is 12.7. The van der Waals surface area contributed by atoms with Crippen LogP contribution in [0.2, 0.25) is 0 Å². The summed E-state index contributed by atoms with van der Waals surface area (Å²) in [5, 5.41) is 8.61. The summed E-state index contributed by atoms with van der Waals surface area (Å²) in [5.41, 5.74) is 1.02. The lowest BCUT2D eigenvalue weighted by molar-refractivity contribution is 0.563. The Bertz CT molecular complexity index is 609. The van der Waals surface area contributed by atoms with Gasteiger partial charge >= 0.3 is 5.69 Å². The molecule has 0 aliphatic heterocycles. The number of halogens is 1. The maximum Gasteiger partial charge on any atom is 0.345 e. The molecule has 0 saturated heterocycles. The van der Waals surface area contributed by atoms with Crippen molar-refractivity contribution >= 4 is 11.8 Å². The standard InChI is InChI=1S/C10H12FN5OS/c1-3-16-14-6(2)8(15-16)5-18-9-7(11)4-12-10(17)13-9/h4H,3,5H2,1-2H3,(H,12,13,17). The minimum atomic E-state index is -0.562. The van der Waals surface area contributed by atoms with Crippen molar-refractivity contribution in [2.24, 2.45) is 0 Å². The molecule has 2 aromatic heterocycles. The average molecular weight is 269 g/mol. The van der Waals surface area contributed by atoms with Gasteiger partial charge in [0.05, 0.1) is 24.1 Å². The molecule has 0 unspecified atom stereocenters. The zero-order chi connectivity index (χ0) is 13.1. The molecule has 0 saturated carbocycles. The molecule has 0 fully saturated rings. The molecule has 0 radical (unpaired) electrons. The lowest BCUT2D eigenvalue weighted by Gasteiger charge is -2.00. The van der Waals surface area contributed by atoms with E-state index in [9.17, 15) is 9.18 Å². The van der Waals surface area contributed by atoms with E-state index in [0.717, 1.165) is 17.6 Å². The van der Waals surface area contributed by atoms with Gasteiger partial charge in [-0.1, -0.05) is 11.8 Å². The molecule has 2 heterocycles. The molecule has 0 aliphatic carbocycles. The van der Waals surface area contributed by atoms with Crippen LogP contribution in [0, 0.1) is 12.7 Å². The van der Waals surface area contributed by atoms with E-state index >= 15 is 0 Å². The van der Waals surface area contributed by atoms with E-state index in [1.165, 1.54) is 11.8 Å². The zero-order valence-corrected chi connectivity index (χ0v) is 10.8. The molecule has 8 heteroatoms. The van der Waals surface area contributed by atoms with Crippen molar-refractivity contribution in [1.82, 2.24) is 25.0 Å². The van der Waals surface area contributed by atoms with E-state index in [1.54, 1.807) is 4.80 Å². The summed E-state index contributed by atoms with van der Waals surface area (Å²) in [6, 6.07) is 0. The average Bonchev–Trinajstić information content (AvgIpc) is 2.71.